The number of ether oxygens (including phenoxy) is 2. The Balaban J connectivity index is 1.93. The van der Waals surface area contributed by atoms with Gasteiger partial charge in [0, 0.05) is 18.1 Å². The maximum absolute atomic E-state index is 12.6. The van der Waals surface area contributed by atoms with E-state index in [1.165, 1.54) is 0 Å². The lowest BCUT2D eigenvalue weighted by Gasteiger charge is -2.08. The molecule has 0 aliphatic heterocycles. The lowest BCUT2D eigenvalue weighted by Crippen LogP contribution is -2.15. The summed E-state index contributed by atoms with van der Waals surface area (Å²) >= 11 is 0. The van der Waals surface area contributed by atoms with Crippen molar-refractivity contribution in [1.29, 1.82) is 0 Å². The van der Waals surface area contributed by atoms with Gasteiger partial charge < -0.3 is 19.4 Å². The van der Waals surface area contributed by atoms with Gasteiger partial charge in [-0.25, -0.2) is 0 Å². The summed E-state index contributed by atoms with van der Waals surface area (Å²) in [4.78, 5) is 12.6. The van der Waals surface area contributed by atoms with Crippen molar-refractivity contribution in [2.75, 3.05) is 19.5 Å². The highest BCUT2D eigenvalue weighted by atomic mass is 16.5. The Morgan fingerprint density at radius 2 is 1.78 bits per heavy atom. The van der Waals surface area contributed by atoms with Gasteiger partial charge >= 0.3 is 0 Å². The molecule has 0 aliphatic carbocycles. The predicted octanol–water partition coefficient (Wildman–Crippen LogP) is 3.45. The highest BCUT2D eigenvalue weighted by Gasteiger charge is 2.16. The zero-order valence-electron chi connectivity index (χ0n) is 13.3. The van der Waals surface area contributed by atoms with Crippen LogP contribution in [0.15, 0.2) is 48.5 Å². The zero-order valence-corrected chi connectivity index (χ0v) is 13.3. The fourth-order valence-electron chi connectivity index (χ4n) is 2.63. The van der Waals surface area contributed by atoms with E-state index < -0.39 is 0 Å². The van der Waals surface area contributed by atoms with Gasteiger partial charge in [0.05, 0.1) is 19.7 Å². The van der Waals surface area contributed by atoms with E-state index in [1.807, 2.05) is 35.9 Å². The molecule has 3 rings (SSSR count). The van der Waals surface area contributed by atoms with Gasteiger partial charge in [-0.05, 0) is 36.4 Å². The van der Waals surface area contributed by atoms with E-state index >= 15 is 0 Å². The number of para-hydroxylation sites is 1. The number of nitrogens with zero attached hydrogens (tertiary/aromatic N) is 1. The molecule has 0 unspecified atom stereocenters. The molecule has 118 valence electrons. The van der Waals surface area contributed by atoms with Crippen LogP contribution in [-0.2, 0) is 7.05 Å². The summed E-state index contributed by atoms with van der Waals surface area (Å²) in [6.07, 6.45) is 0. The van der Waals surface area contributed by atoms with E-state index in [1.54, 1.807) is 38.5 Å². The summed E-state index contributed by atoms with van der Waals surface area (Å²) in [6, 6.07) is 14.8. The summed E-state index contributed by atoms with van der Waals surface area (Å²) in [7, 11) is 5.09. The summed E-state index contributed by atoms with van der Waals surface area (Å²) < 4.78 is 12.3. The normalized spacial score (nSPS) is 10.6. The number of aromatic nitrogens is 1. The van der Waals surface area contributed by atoms with Crippen LogP contribution >= 0.6 is 0 Å². The summed E-state index contributed by atoms with van der Waals surface area (Å²) in [5.74, 6) is 1.32. The van der Waals surface area contributed by atoms with Crippen molar-refractivity contribution >= 4 is 22.5 Å². The third-order valence-electron chi connectivity index (χ3n) is 3.82. The van der Waals surface area contributed by atoms with Gasteiger partial charge in [-0.2, -0.15) is 0 Å². The largest absolute Gasteiger partial charge is 0.497 e. The number of anilines is 1. The SMILES string of the molecule is COc1ccc(NC(=O)c2cc3cccc(OC)c3n2C)cc1. The van der Waals surface area contributed by atoms with Crippen molar-refractivity contribution in [3.63, 3.8) is 0 Å². The second-order valence-corrected chi connectivity index (χ2v) is 5.17. The van der Waals surface area contributed by atoms with Crippen molar-refractivity contribution < 1.29 is 14.3 Å². The van der Waals surface area contributed by atoms with E-state index in [2.05, 4.69) is 5.32 Å². The van der Waals surface area contributed by atoms with Crippen LogP contribution in [-0.4, -0.2) is 24.7 Å². The number of fused-ring (bicyclic) bond motifs is 1. The molecule has 3 aromatic rings. The van der Waals surface area contributed by atoms with Crippen LogP contribution in [0.3, 0.4) is 0 Å². The zero-order chi connectivity index (χ0) is 16.4. The van der Waals surface area contributed by atoms with Gasteiger partial charge in [-0.1, -0.05) is 12.1 Å². The molecule has 0 aliphatic rings. The number of carbonyl (C=O) groups is 1. The molecular weight excluding hydrogens is 292 g/mol. The molecule has 1 aromatic heterocycles. The van der Waals surface area contributed by atoms with Crippen LogP contribution < -0.4 is 14.8 Å². The summed E-state index contributed by atoms with van der Waals surface area (Å²) in [5.41, 5.74) is 2.18. The first-order chi connectivity index (χ1) is 11.1. The molecule has 0 spiro atoms. The van der Waals surface area contributed by atoms with Crippen LogP contribution in [0.1, 0.15) is 10.5 Å². The Morgan fingerprint density at radius 3 is 2.43 bits per heavy atom. The number of amides is 1. The Labute approximate surface area is 134 Å². The first-order valence-corrected chi connectivity index (χ1v) is 7.22. The third kappa shape index (κ3) is 2.73. The minimum Gasteiger partial charge on any atom is -0.497 e. The van der Waals surface area contributed by atoms with Gasteiger partial charge in [0.2, 0.25) is 0 Å². The van der Waals surface area contributed by atoms with Crippen molar-refractivity contribution in [3.8, 4) is 11.5 Å². The van der Waals surface area contributed by atoms with Gasteiger partial charge in [0.15, 0.2) is 0 Å². The maximum Gasteiger partial charge on any atom is 0.272 e. The molecule has 0 saturated heterocycles. The lowest BCUT2D eigenvalue weighted by atomic mass is 10.2. The van der Waals surface area contributed by atoms with Crippen molar-refractivity contribution in [2.24, 2.45) is 7.05 Å². The van der Waals surface area contributed by atoms with Gasteiger partial charge in [0.25, 0.3) is 5.91 Å². The average molecular weight is 310 g/mol. The highest BCUT2D eigenvalue weighted by Crippen LogP contribution is 2.28. The standard InChI is InChI=1S/C18H18N2O3/c1-20-15(11-12-5-4-6-16(23-3)17(12)20)18(21)19-13-7-9-14(22-2)10-8-13/h4-11H,1-3H3,(H,19,21). The number of hydrogen-bond donors (Lipinski definition) is 1. The molecular formula is C18H18N2O3. The van der Waals surface area contributed by atoms with Crippen molar-refractivity contribution in [3.05, 3.63) is 54.2 Å². The molecule has 5 heteroatoms. The first kappa shape index (κ1) is 15.0. The van der Waals surface area contributed by atoms with Crippen LogP contribution in [0.25, 0.3) is 10.9 Å². The Bertz CT molecular complexity index is 851. The lowest BCUT2D eigenvalue weighted by molar-refractivity contribution is 0.101. The molecule has 5 nitrogen and oxygen atoms in total. The van der Waals surface area contributed by atoms with Gasteiger partial charge in [-0.3, -0.25) is 4.79 Å². The van der Waals surface area contributed by atoms with E-state index in [0.717, 1.165) is 22.4 Å². The molecule has 0 atom stereocenters. The minimum absolute atomic E-state index is 0.170. The molecule has 0 bridgehead atoms. The Hall–Kier alpha value is -2.95. The quantitative estimate of drug-likeness (QED) is 0.803. The predicted molar refractivity (Wildman–Crippen MR) is 90.4 cm³/mol. The third-order valence-corrected chi connectivity index (χ3v) is 3.82. The van der Waals surface area contributed by atoms with Crippen molar-refractivity contribution in [2.45, 2.75) is 0 Å². The highest BCUT2D eigenvalue weighted by molar-refractivity contribution is 6.07. The fourth-order valence-corrected chi connectivity index (χ4v) is 2.63. The number of hydrogen-bond acceptors (Lipinski definition) is 3. The molecule has 0 saturated carbocycles. The number of benzene rings is 2. The summed E-state index contributed by atoms with van der Waals surface area (Å²) in [5, 5.41) is 3.86. The Morgan fingerprint density at radius 1 is 1.04 bits per heavy atom. The number of rotatable bonds is 4. The second-order valence-electron chi connectivity index (χ2n) is 5.17. The second kappa shape index (κ2) is 6.04. The monoisotopic (exact) mass is 310 g/mol. The molecule has 0 fully saturated rings. The van der Waals surface area contributed by atoms with Gasteiger partial charge in [0.1, 0.15) is 17.2 Å². The number of methoxy groups -OCH3 is 2. The molecule has 1 N–H and O–H groups in total. The van der Waals surface area contributed by atoms with E-state index in [0.29, 0.717) is 11.4 Å². The summed E-state index contributed by atoms with van der Waals surface area (Å²) in [6.45, 7) is 0. The topological polar surface area (TPSA) is 52.5 Å². The molecule has 1 heterocycles. The van der Waals surface area contributed by atoms with Crippen LogP contribution in [0.2, 0.25) is 0 Å². The van der Waals surface area contributed by atoms with E-state index in [-0.39, 0.29) is 5.91 Å². The molecule has 23 heavy (non-hydrogen) atoms. The maximum atomic E-state index is 12.6. The molecule has 2 aromatic carbocycles. The van der Waals surface area contributed by atoms with Crippen molar-refractivity contribution in [1.82, 2.24) is 4.57 Å². The van der Waals surface area contributed by atoms with Crippen LogP contribution in [0.5, 0.6) is 11.5 Å². The average Bonchev–Trinajstić information content (AvgIpc) is 2.93. The van der Waals surface area contributed by atoms with E-state index in [4.69, 9.17) is 9.47 Å². The van der Waals surface area contributed by atoms with Gasteiger partial charge in [-0.15, -0.1) is 0 Å². The fraction of sp³-hybridized carbons (Fsp3) is 0.167. The number of aryl methyl sites for hydroxylation is 1. The number of carbonyl (C=O) groups excluding carboxylic acids is 1. The van der Waals surface area contributed by atoms with Crippen LogP contribution in [0, 0.1) is 0 Å². The van der Waals surface area contributed by atoms with E-state index in [9.17, 15) is 4.79 Å². The Kier molecular flexibility index (Phi) is 3.93. The molecule has 0 radical (unpaired) electrons. The molecule has 1 amide bonds. The first-order valence-electron chi connectivity index (χ1n) is 7.22. The smallest absolute Gasteiger partial charge is 0.272 e. The minimum atomic E-state index is -0.170. The van der Waals surface area contributed by atoms with Crippen LogP contribution in [0.4, 0.5) is 5.69 Å². The number of nitrogens with one attached hydrogen (secondary N) is 1.